The van der Waals surface area contributed by atoms with Gasteiger partial charge in [-0.2, -0.15) is 0 Å². The molecular formula is C29H31ClF3N3O2. The van der Waals surface area contributed by atoms with Gasteiger partial charge in [-0.15, -0.1) is 0 Å². The van der Waals surface area contributed by atoms with Gasteiger partial charge in [-0.25, -0.2) is 23.1 Å². The Morgan fingerprint density at radius 2 is 1.79 bits per heavy atom. The topological polar surface area (TPSA) is 72.0 Å². The summed E-state index contributed by atoms with van der Waals surface area (Å²) in [6.45, 7) is 5.43. The Labute approximate surface area is 225 Å². The molecule has 1 N–H and O–H groups in total. The van der Waals surface area contributed by atoms with Gasteiger partial charge >= 0.3 is 0 Å². The van der Waals surface area contributed by atoms with Crippen molar-refractivity contribution < 1.29 is 22.8 Å². The van der Waals surface area contributed by atoms with E-state index in [1.165, 1.54) is 18.5 Å². The van der Waals surface area contributed by atoms with E-state index in [0.29, 0.717) is 35.1 Å². The predicted molar refractivity (Wildman–Crippen MR) is 143 cm³/mol. The Bertz CT molecular complexity index is 1360. The number of Topliss-reactive ketones (excluding diaryl/α,β-unsaturated/α-hetero) is 2. The van der Waals surface area contributed by atoms with Crippen molar-refractivity contribution >= 4 is 39.9 Å². The number of fused-ring (bicyclic) bond motifs is 1. The van der Waals surface area contributed by atoms with Gasteiger partial charge in [0.1, 0.15) is 23.7 Å². The largest absolute Gasteiger partial charge is 0.367 e. The highest BCUT2D eigenvalue weighted by Crippen LogP contribution is 2.35. The van der Waals surface area contributed by atoms with Crippen LogP contribution < -0.4 is 5.32 Å². The first kappa shape index (κ1) is 28.0. The summed E-state index contributed by atoms with van der Waals surface area (Å²) in [5, 5.41) is 3.91. The van der Waals surface area contributed by atoms with E-state index in [4.69, 9.17) is 11.6 Å². The molecule has 1 heterocycles. The minimum atomic E-state index is -2.63. The number of para-hydroxylation sites is 1. The minimum absolute atomic E-state index is 0.00141. The third kappa shape index (κ3) is 6.34. The fourth-order valence-corrected chi connectivity index (χ4v) is 4.96. The number of halogens is 4. The van der Waals surface area contributed by atoms with Gasteiger partial charge in [0, 0.05) is 42.5 Å². The fraction of sp³-hybridized carbons (Fsp3) is 0.448. The molecule has 1 aliphatic carbocycles. The number of aromatic nitrogens is 2. The highest BCUT2D eigenvalue weighted by molar-refractivity contribution is 6.34. The lowest BCUT2D eigenvalue weighted by atomic mass is 9.87. The van der Waals surface area contributed by atoms with Crippen molar-refractivity contribution in [2.24, 2.45) is 5.41 Å². The van der Waals surface area contributed by atoms with Crippen LogP contribution in [0.25, 0.3) is 10.9 Å². The summed E-state index contributed by atoms with van der Waals surface area (Å²) in [5.41, 5.74) is 0.605. The molecule has 1 saturated carbocycles. The van der Waals surface area contributed by atoms with Crippen molar-refractivity contribution in [3.05, 3.63) is 64.2 Å². The maximum Gasteiger partial charge on any atom is 0.248 e. The highest BCUT2D eigenvalue weighted by Gasteiger charge is 2.35. The molecule has 1 aromatic heterocycles. The average Bonchev–Trinajstić information content (AvgIpc) is 2.84. The number of carbonyl (C=O) groups is 2. The number of benzene rings is 2. The first-order chi connectivity index (χ1) is 17.9. The third-order valence-electron chi connectivity index (χ3n) is 7.07. The van der Waals surface area contributed by atoms with Crippen molar-refractivity contribution in [3.8, 4) is 0 Å². The maximum atomic E-state index is 15.4. The molecule has 202 valence electrons. The van der Waals surface area contributed by atoms with Crippen molar-refractivity contribution in [3.63, 3.8) is 0 Å². The second kappa shape index (κ2) is 11.0. The minimum Gasteiger partial charge on any atom is -0.367 e. The summed E-state index contributed by atoms with van der Waals surface area (Å²) >= 11 is 6.25. The van der Waals surface area contributed by atoms with Crippen LogP contribution in [0.5, 0.6) is 0 Å². The molecule has 2 aromatic carbocycles. The lowest BCUT2D eigenvalue weighted by Gasteiger charge is -2.29. The molecule has 0 amide bonds. The summed E-state index contributed by atoms with van der Waals surface area (Å²) in [6, 6.07) is 8.13. The van der Waals surface area contributed by atoms with Crippen LogP contribution in [0, 0.1) is 11.2 Å². The first-order valence-corrected chi connectivity index (χ1v) is 13.1. The third-order valence-corrected chi connectivity index (χ3v) is 7.38. The molecule has 0 atom stereocenters. The van der Waals surface area contributed by atoms with E-state index < -0.39 is 22.9 Å². The molecule has 1 fully saturated rings. The SMILES string of the molecule is CC(C)(C)C(=O)CCc1ccc(Cl)c(C(=O)Cc2cccc3c(NC4CCC(F)(F)CC4)ncnc23)c1F. The molecule has 0 radical (unpaired) electrons. The van der Waals surface area contributed by atoms with E-state index in [2.05, 4.69) is 15.3 Å². The molecule has 0 aliphatic heterocycles. The Hall–Kier alpha value is -3.00. The van der Waals surface area contributed by atoms with Gasteiger partial charge in [-0.05, 0) is 42.5 Å². The van der Waals surface area contributed by atoms with Gasteiger partial charge in [0.2, 0.25) is 5.92 Å². The number of anilines is 1. The fourth-order valence-electron chi connectivity index (χ4n) is 4.71. The van der Waals surface area contributed by atoms with Gasteiger partial charge in [0.05, 0.1) is 16.1 Å². The van der Waals surface area contributed by atoms with Crippen LogP contribution in [0.2, 0.25) is 5.02 Å². The van der Waals surface area contributed by atoms with Gasteiger partial charge in [0.15, 0.2) is 5.78 Å². The Morgan fingerprint density at radius 1 is 1.08 bits per heavy atom. The van der Waals surface area contributed by atoms with Gasteiger partial charge in [-0.1, -0.05) is 50.6 Å². The number of ketones is 2. The molecule has 1 aliphatic rings. The molecule has 0 unspecified atom stereocenters. The summed E-state index contributed by atoms with van der Waals surface area (Å²) in [4.78, 5) is 34.3. The van der Waals surface area contributed by atoms with Crippen LogP contribution in [0.4, 0.5) is 19.0 Å². The molecule has 5 nitrogen and oxygen atoms in total. The van der Waals surface area contributed by atoms with Crippen LogP contribution in [0.1, 0.15) is 74.4 Å². The molecule has 0 saturated heterocycles. The molecule has 9 heteroatoms. The molecule has 4 rings (SSSR count). The first-order valence-electron chi connectivity index (χ1n) is 12.8. The van der Waals surface area contributed by atoms with E-state index in [1.54, 1.807) is 18.2 Å². The smallest absolute Gasteiger partial charge is 0.248 e. The monoisotopic (exact) mass is 545 g/mol. The zero-order valence-corrected chi connectivity index (χ0v) is 22.5. The normalized spacial score (nSPS) is 16.0. The van der Waals surface area contributed by atoms with Gasteiger partial charge < -0.3 is 5.32 Å². The zero-order chi connectivity index (χ0) is 27.7. The maximum absolute atomic E-state index is 15.4. The van der Waals surface area contributed by atoms with Crippen LogP contribution in [0.15, 0.2) is 36.7 Å². The second-order valence-corrected chi connectivity index (χ2v) is 11.4. The van der Waals surface area contributed by atoms with E-state index in [1.807, 2.05) is 20.8 Å². The molecule has 38 heavy (non-hydrogen) atoms. The second-order valence-electron chi connectivity index (χ2n) is 11.0. The number of nitrogens with one attached hydrogen (secondary N) is 1. The van der Waals surface area contributed by atoms with Crippen LogP contribution in [-0.2, 0) is 17.6 Å². The summed E-state index contributed by atoms with van der Waals surface area (Å²) in [5.74, 6) is -3.34. The van der Waals surface area contributed by atoms with Crippen molar-refractivity contribution in [1.82, 2.24) is 9.97 Å². The summed E-state index contributed by atoms with van der Waals surface area (Å²) in [7, 11) is 0. The van der Waals surface area contributed by atoms with Crippen molar-refractivity contribution in [2.45, 2.75) is 77.7 Å². The number of alkyl halides is 2. The van der Waals surface area contributed by atoms with E-state index >= 15 is 4.39 Å². The number of aryl methyl sites for hydroxylation is 1. The molecular weight excluding hydrogens is 515 g/mol. The lowest BCUT2D eigenvalue weighted by Crippen LogP contribution is -2.32. The molecule has 0 bridgehead atoms. The Morgan fingerprint density at radius 3 is 2.47 bits per heavy atom. The number of nitrogens with zero attached hydrogens (tertiary/aromatic N) is 2. The standard InChI is InChI=1S/C29H31ClF3N3O2/c1-28(2,3)23(38)10-8-17-7-9-21(30)24(25(17)31)22(37)15-18-5-4-6-20-26(18)34-16-35-27(20)36-19-11-13-29(32,33)14-12-19/h4-7,9,16,19H,8,10-15H2,1-3H3,(H,34,35,36). The number of rotatable bonds is 8. The van der Waals surface area contributed by atoms with Crippen molar-refractivity contribution in [1.29, 1.82) is 0 Å². The van der Waals surface area contributed by atoms with Gasteiger partial charge in [0.25, 0.3) is 0 Å². The van der Waals surface area contributed by atoms with Crippen LogP contribution >= 0.6 is 11.6 Å². The van der Waals surface area contributed by atoms with E-state index in [-0.39, 0.29) is 60.1 Å². The Kier molecular flexibility index (Phi) is 8.12. The predicted octanol–water partition coefficient (Wildman–Crippen LogP) is 7.39. The van der Waals surface area contributed by atoms with Crippen LogP contribution in [0.3, 0.4) is 0 Å². The van der Waals surface area contributed by atoms with E-state index in [0.717, 1.165) is 0 Å². The zero-order valence-electron chi connectivity index (χ0n) is 21.7. The lowest BCUT2D eigenvalue weighted by molar-refractivity contribution is -0.126. The van der Waals surface area contributed by atoms with Crippen molar-refractivity contribution in [2.75, 3.05) is 5.32 Å². The molecule has 3 aromatic rings. The number of carbonyl (C=O) groups excluding carboxylic acids is 2. The van der Waals surface area contributed by atoms with Gasteiger partial charge in [-0.3, -0.25) is 9.59 Å². The summed E-state index contributed by atoms with van der Waals surface area (Å²) < 4.78 is 42.5. The summed E-state index contributed by atoms with van der Waals surface area (Å²) in [6.07, 6.45) is 1.83. The van der Waals surface area contributed by atoms with E-state index in [9.17, 15) is 18.4 Å². The highest BCUT2D eigenvalue weighted by atomic mass is 35.5. The quantitative estimate of drug-likeness (QED) is 0.299. The number of hydrogen-bond acceptors (Lipinski definition) is 5. The van der Waals surface area contributed by atoms with Crippen LogP contribution in [-0.4, -0.2) is 33.5 Å². The Balaban J connectivity index is 1.56. The number of hydrogen-bond donors (Lipinski definition) is 1. The average molecular weight is 546 g/mol. The molecule has 0 spiro atoms.